The van der Waals surface area contributed by atoms with Gasteiger partial charge in [-0.1, -0.05) is 0 Å². The van der Waals surface area contributed by atoms with E-state index >= 15 is 0 Å². The Morgan fingerprint density at radius 1 is 1.36 bits per heavy atom. The Balaban J connectivity index is 2.49. The topological polar surface area (TPSA) is 89.5 Å². The lowest BCUT2D eigenvalue weighted by molar-refractivity contribution is -0.384. The van der Waals surface area contributed by atoms with Crippen LogP contribution >= 0.6 is 0 Å². The van der Waals surface area contributed by atoms with E-state index in [1.807, 2.05) is 0 Å². The van der Waals surface area contributed by atoms with Crippen molar-refractivity contribution in [2.24, 2.45) is 5.73 Å². The summed E-state index contributed by atoms with van der Waals surface area (Å²) in [6.07, 6.45) is -2.83. The van der Waals surface area contributed by atoms with Gasteiger partial charge in [-0.2, -0.15) is 13.2 Å². The number of piperidine rings is 1. The van der Waals surface area contributed by atoms with Gasteiger partial charge in [0, 0.05) is 12.6 Å². The van der Waals surface area contributed by atoms with Crippen molar-refractivity contribution in [3.05, 3.63) is 33.9 Å². The maximum absolute atomic E-state index is 12.7. The molecule has 120 valence electrons. The van der Waals surface area contributed by atoms with Crippen LogP contribution in [0.4, 0.5) is 24.5 Å². The monoisotopic (exact) mass is 317 g/mol. The van der Waals surface area contributed by atoms with Gasteiger partial charge in [-0.15, -0.1) is 0 Å². The van der Waals surface area contributed by atoms with Crippen LogP contribution in [0.2, 0.25) is 0 Å². The number of benzene rings is 1. The lowest BCUT2D eigenvalue weighted by Crippen LogP contribution is -2.48. The summed E-state index contributed by atoms with van der Waals surface area (Å²) in [5.41, 5.74) is 3.50. The Morgan fingerprint density at radius 3 is 2.59 bits per heavy atom. The molecular formula is C13H14F3N3O3. The second kappa shape index (κ2) is 5.82. The Labute approximate surface area is 123 Å². The molecule has 1 aromatic carbocycles. The molecule has 0 saturated carbocycles. The van der Waals surface area contributed by atoms with Gasteiger partial charge < -0.3 is 10.6 Å². The molecule has 1 aromatic rings. The molecule has 0 bridgehead atoms. The smallest absolute Gasteiger partial charge is 0.368 e. The first-order chi connectivity index (χ1) is 10.2. The summed E-state index contributed by atoms with van der Waals surface area (Å²) in [5.74, 6) is -0.645. The van der Waals surface area contributed by atoms with Crippen LogP contribution in [0, 0.1) is 10.1 Å². The van der Waals surface area contributed by atoms with Crippen LogP contribution in [-0.2, 0) is 11.0 Å². The Bertz CT molecular complexity index is 604. The van der Waals surface area contributed by atoms with Gasteiger partial charge in [0.25, 0.3) is 5.69 Å². The average molecular weight is 317 g/mol. The molecule has 22 heavy (non-hydrogen) atoms. The second-order valence-corrected chi connectivity index (χ2v) is 5.07. The third-order valence-corrected chi connectivity index (χ3v) is 3.64. The molecule has 1 aliphatic heterocycles. The minimum atomic E-state index is -4.67. The molecule has 6 nitrogen and oxygen atoms in total. The first-order valence-corrected chi connectivity index (χ1v) is 6.63. The van der Waals surface area contributed by atoms with E-state index in [1.54, 1.807) is 0 Å². The number of hydrogen-bond acceptors (Lipinski definition) is 4. The molecule has 1 aliphatic rings. The highest BCUT2D eigenvalue weighted by atomic mass is 19.4. The van der Waals surface area contributed by atoms with Crippen molar-refractivity contribution >= 4 is 17.3 Å². The van der Waals surface area contributed by atoms with Crippen LogP contribution in [0.5, 0.6) is 0 Å². The van der Waals surface area contributed by atoms with Crippen molar-refractivity contribution in [2.45, 2.75) is 31.5 Å². The maximum Gasteiger partial charge on any atom is 0.416 e. The number of hydrogen-bond donors (Lipinski definition) is 1. The quantitative estimate of drug-likeness (QED) is 0.685. The highest BCUT2D eigenvalue weighted by Gasteiger charge is 2.36. The van der Waals surface area contributed by atoms with E-state index in [-0.39, 0.29) is 5.69 Å². The third-order valence-electron chi connectivity index (χ3n) is 3.64. The highest BCUT2D eigenvalue weighted by Crippen LogP contribution is 2.38. The van der Waals surface area contributed by atoms with Crippen LogP contribution in [0.3, 0.4) is 0 Å². The van der Waals surface area contributed by atoms with E-state index in [9.17, 15) is 28.1 Å². The molecule has 2 rings (SSSR count). The zero-order valence-corrected chi connectivity index (χ0v) is 11.5. The molecule has 1 atom stereocenters. The third kappa shape index (κ3) is 3.12. The zero-order chi connectivity index (χ0) is 16.5. The molecule has 2 N–H and O–H groups in total. The van der Waals surface area contributed by atoms with E-state index in [1.165, 1.54) is 4.90 Å². The van der Waals surface area contributed by atoms with Gasteiger partial charge in [0.1, 0.15) is 11.7 Å². The Kier molecular flexibility index (Phi) is 4.25. The Hall–Kier alpha value is -2.32. The van der Waals surface area contributed by atoms with Crippen molar-refractivity contribution < 1.29 is 22.9 Å². The fourth-order valence-electron chi connectivity index (χ4n) is 2.60. The van der Waals surface area contributed by atoms with Gasteiger partial charge in [0.05, 0.1) is 10.5 Å². The number of carbonyl (C=O) groups excluding carboxylic acids is 1. The second-order valence-electron chi connectivity index (χ2n) is 5.07. The largest absolute Gasteiger partial charge is 0.416 e. The molecule has 0 unspecified atom stereocenters. The lowest BCUT2D eigenvalue weighted by atomic mass is 9.99. The van der Waals surface area contributed by atoms with E-state index in [2.05, 4.69) is 0 Å². The predicted octanol–water partition coefficient (Wildman–Crippen LogP) is 2.46. The van der Waals surface area contributed by atoms with Crippen molar-refractivity contribution in [2.75, 3.05) is 11.4 Å². The van der Waals surface area contributed by atoms with Crippen molar-refractivity contribution in [1.29, 1.82) is 0 Å². The number of nitro benzene ring substituents is 1. The normalized spacial score (nSPS) is 19.0. The van der Waals surface area contributed by atoms with E-state index in [0.717, 1.165) is 18.6 Å². The number of carbonyl (C=O) groups is 1. The van der Waals surface area contributed by atoms with Gasteiger partial charge in [-0.3, -0.25) is 14.9 Å². The summed E-state index contributed by atoms with van der Waals surface area (Å²) in [4.78, 5) is 23.1. The fourth-order valence-corrected chi connectivity index (χ4v) is 2.60. The van der Waals surface area contributed by atoms with Crippen LogP contribution in [-0.4, -0.2) is 23.4 Å². The number of primary amides is 1. The lowest BCUT2D eigenvalue weighted by Gasteiger charge is -2.35. The van der Waals surface area contributed by atoms with E-state index in [0.29, 0.717) is 25.5 Å². The first-order valence-electron chi connectivity index (χ1n) is 6.63. The number of alkyl halides is 3. The highest BCUT2D eigenvalue weighted by molar-refractivity contribution is 5.85. The van der Waals surface area contributed by atoms with Crippen LogP contribution < -0.4 is 10.6 Å². The van der Waals surface area contributed by atoms with Crippen molar-refractivity contribution in [3.8, 4) is 0 Å². The average Bonchev–Trinajstić information content (AvgIpc) is 2.45. The number of anilines is 1. The standard InChI is InChI=1S/C13H14F3N3O3/c14-13(15,16)8-4-5-9(11(7-8)19(21)22)18-6-2-1-3-10(18)12(17)20/h4-5,7,10H,1-3,6H2,(H2,17,20)/t10-/m1/s1. The molecule has 1 amide bonds. The van der Waals surface area contributed by atoms with E-state index in [4.69, 9.17) is 5.73 Å². The summed E-state index contributed by atoms with van der Waals surface area (Å²) < 4.78 is 38.1. The Morgan fingerprint density at radius 2 is 2.05 bits per heavy atom. The molecule has 9 heteroatoms. The number of nitrogens with zero attached hydrogens (tertiary/aromatic N) is 2. The molecule has 1 fully saturated rings. The first kappa shape index (κ1) is 16.1. The van der Waals surface area contributed by atoms with Gasteiger partial charge in [0.2, 0.25) is 5.91 Å². The fraction of sp³-hybridized carbons (Fsp3) is 0.462. The van der Waals surface area contributed by atoms with Crippen LogP contribution in [0.15, 0.2) is 18.2 Å². The molecule has 1 saturated heterocycles. The predicted molar refractivity (Wildman–Crippen MR) is 72.3 cm³/mol. The van der Waals surface area contributed by atoms with E-state index < -0.39 is 34.3 Å². The van der Waals surface area contributed by atoms with Gasteiger partial charge in [-0.05, 0) is 31.4 Å². The molecular weight excluding hydrogens is 303 g/mol. The number of nitrogens with two attached hydrogens (primary N) is 1. The molecule has 1 heterocycles. The van der Waals surface area contributed by atoms with Crippen molar-refractivity contribution in [3.63, 3.8) is 0 Å². The SMILES string of the molecule is NC(=O)[C@H]1CCCCN1c1ccc(C(F)(F)F)cc1[N+](=O)[O-]. The summed E-state index contributed by atoms with van der Waals surface area (Å²) in [6.45, 7) is 0.333. The number of amides is 1. The minimum Gasteiger partial charge on any atom is -0.368 e. The summed E-state index contributed by atoms with van der Waals surface area (Å²) in [7, 11) is 0. The molecule has 0 aliphatic carbocycles. The van der Waals surface area contributed by atoms with Crippen molar-refractivity contribution in [1.82, 2.24) is 0 Å². The van der Waals surface area contributed by atoms with Crippen LogP contribution in [0.25, 0.3) is 0 Å². The van der Waals surface area contributed by atoms with Gasteiger partial charge in [0.15, 0.2) is 0 Å². The zero-order valence-electron chi connectivity index (χ0n) is 11.5. The summed E-state index contributed by atoms with van der Waals surface area (Å²) >= 11 is 0. The number of nitro groups is 1. The van der Waals surface area contributed by atoms with Crippen LogP contribution in [0.1, 0.15) is 24.8 Å². The molecule has 0 radical (unpaired) electrons. The summed E-state index contributed by atoms with van der Waals surface area (Å²) in [6, 6.07) is 1.54. The van der Waals surface area contributed by atoms with Gasteiger partial charge in [-0.25, -0.2) is 0 Å². The number of halogens is 3. The number of rotatable bonds is 3. The maximum atomic E-state index is 12.7. The minimum absolute atomic E-state index is 0.0125. The van der Waals surface area contributed by atoms with Gasteiger partial charge >= 0.3 is 6.18 Å². The summed E-state index contributed by atoms with van der Waals surface area (Å²) in [5, 5.41) is 11.1. The molecule has 0 spiro atoms. The molecule has 0 aromatic heterocycles.